The predicted molar refractivity (Wildman–Crippen MR) is 81.8 cm³/mol. The third-order valence-corrected chi connectivity index (χ3v) is 3.24. The molecule has 21 heavy (non-hydrogen) atoms. The summed E-state index contributed by atoms with van der Waals surface area (Å²) in [7, 11) is 0. The minimum atomic E-state index is -0.301. The fourth-order valence-corrected chi connectivity index (χ4v) is 2.11. The van der Waals surface area contributed by atoms with E-state index in [0.717, 1.165) is 30.8 Å². The number of hydrogen-bond donors (Lipinski definition) is 1. The van der Waals surface area contributed by atoms with Crippen molar-refractivity contribution in [2.75, 3.05) is 13.2 Å². The molecule has 0 aliphatic heterocycles. The first-order valence-corrected chi connectivity index (χ1v) is 7.32. The maximum atomic E-state index is 12.9. The molecule has 0 aliphatic rings. The van der Waals surface area contributed by atoms with Gasteiger partial charge in [-0.05, 0) is 43.7 Å². The van der Waals surface area contributed by atoms with Gasteiger partial charge in [0, 0.05) is 6.04 Å². The van der Waals surface area contributed by atoms with Gasteiger partial charge in [0.25, 0.3) is 0 Å². The molecule has 0 spiro atoms. The van der Waals surface area contributed by atoms with Crippen LogP contribution in [-0.2, 0) is 0 Å². The van der Waals surface area contributed by atoms with E-state index in [0.29, 0.717) is 6.61 Å². The zero-order valence-corrected chi connectivity index (χ0v) is 12.3. The lowest BCUT2D eigenvalue weighted by Gasteiger charge is -2.16. The number of aromatic nitrogens is 1. The molecule has 0 amide bonds. The van der Waals surface area contributed by atoms with Gasteiger partial charge in [-0.25, -0.2) is 4.39 Å². The van der Waals surface area contributed by atoms with Crippen molar-refractivity contribution in [1.82, 2.24) is 10.3 Å². The Morgan fingerprint density at radius 2 is 2.00 bits per heavy atom. The van der Waals surface area contributed by atoms with Crippen LogP contribution in [-0.4, -0.2) is 18.1 Å². The van der Waals surface area contributed by atoms with Gasteiger partial charge in [-0.3, -0.25) is 4.98 Å². The molecule has 0 bridgehead atoms. The fraction of sp³-hybridized carbons (Fsp3) is 0.353. The maximum absolute atomic E-state index is 12.9. The van der Waals surface area contributed by atoms with Crippen LogP contribution in [0.5, 0.6) is 5.75 Å². The smallest absolute Gasteiger partial charge is 0.141 e. The van der Waals surface area contributed by atoms with Crippen molar-refractivity contribution in [1.29, 1.82) is 0 Å². The van der Waals surface area contributed by atoms with Crippen LogP contribution in [0.15, 0.2) is 48.7 Å². The predicted octanol–water partition coefficient (Wildman–Crippen LogP) is 3.73. The Balaban J connectivity index is 1.70. The summed E-state index contributed by atoms with van der Waals surface area (Å²) in [4.78, 5) is 4.13. The van der Waals surface area contributed by atoms with Crippen LogP contribution in [0.1, 0.15) is 31.5 Å². The average Bonchev–Trinajstić information content (AvgIpc) is 2.53. The molecule has 0 saturated heterocycles. The number of pyridine rings is 1. The van der Waals surface area contributed by atoms with E-state index in [4.69, 9.17) is 4.74 Å². The molecule has 1 N–H and O–H groups in total. The topological polar surface area (TPSA) is 34.1 Å². The number of benzene rings is 1. The number of hydrogen-bond acceptors (Lipinski definition) is 3. The standard InChI is InChI=1S/C17H21FN2O/c1-2-16(17-10-9-14(18)13-20-17)19-11-6-12-21-15-7-4-3-5-8-15/h3-5,7-10,13,16,19H,2,6,11-12H2,1H3. The summed E-state index contributed by atoms with van der Waals surface area (Å²) in [6, 6.07) is 13.1. The van der Waals surface area contributed by atoms with Crippen molar-refractivity contribution in [3.8, 4) is 5.75 Å². The van der Waals surface area contributed by atoms with Crippen LogP contribution in [0.2, 0.25) is 0 Å². The second-order valence-corrected chi connectivity index (χ2v) is 4.83. The Morgan fingerprint density at radius 3 is 2.67 bits per heavy atom. The lowest BCUT2D eigenvalue weighted by Crippen LogP contribution is -2.24. The van der Waals surface area contributed by atoms with Crippen LogP contribution < -0.4 is 10.1 Å². The molecule has 0 radical (unpaired) electrons. The molecule has 1 aromatic heterocycles. The largest absolute Gasteiger partial charge is 0.494 e. The molecule has 4 heteroatoms. The summed E-state index contributed by atoms with van der Waals surface area (Å²) in [6.07, 6.45) is 3.09. The summed E-state index contributed by atoms with van der Waals surface area (Å²) in [5, 5.41) is 3.43. The van der Waals surface area contributed by atoms with Gasteiger partial charge in [0.05, 0.1) is 18.5 Å². The van der Waals surface area contributed by atoms with Gasteiger partial charge >= 0.3 is 0 Å². The minimum absolute atomic E-state index is 0.155. The molecule has 3 nitrogen and oxygen atoms in total. The number of nitrogens with zero attached hydrogens (tertiary/aromatic N) is 1. The normalized spacial score (nSPS) is 12.1. The van der Waals surface area contributed by atoms with Gasteiger partial charge in [0.1, 0.15) is 11.6 Å². The molecule has 0 fully saturated rings. The molecular formula is C17H21FN2O. The summed E-state index contributed by atoms with van der Waals surface area (Å²) >= 11 is 0. The van der Waals surface area contributed by atoms with Gasteiger partial charge in [0.15, 0.2) is 0 Å². The lowest BCUT2D eigenvalue weighted by atomic mass is 10.1. The van der Waals surface area contributed by atoms with E-state index in [-0.39, 0.29) is 11.9 Å². The molecular weight excluding hydrogens is 267 g/mol. The molecule has 0 saturated carbocycles. The number of nitrogens with one attached hydrogen (secondary N) is 1. The zero-order valence-electron chi connectivity index (χ0n) is 12.3. The van der Waals surface area contributed by atoms with Crippen molar-refractivity contribution in [2.24, 2.45) is 0 Å². The highest BCUT2D eigenvalue weighted by atomic mass is 19.1. The van der Waals surface area contributed by atoms with Gasteiger partial charge in [-0.15, -0.1) is 0 Å². The fourth-order valence-electron chi connectivity index (χ4n) is 2.11. The van der Waals surface area contributed by atoms with Crippen LogP contribution in [0.3, 0.4) is 0 Å². The first-order valence-electron chi connectivity index (χ1n) is 7.32. The lowest BCUT2D eigenvalue weighted by molar-refractivity contribution is 0.304. The molecule has 112 valence electrons. The maximum Gasteiger partial charge on any atom is 0.141 e. The highest BCUT2D eigenvalue weighted by Gasteiger charge is 2.09. The summed E-state index contributed by atoms with van der Waals surface area (Å²) < 4.78 is 18.5. The molecule has 0 aliphatic carbocycles. The molecule has 1 unspecified atom stereocenters. The second kappa shape index (κ2) is 8.37. The first-order chi connectivity index (χ1) is 10.3. The second-order valence-electron chi connectivity index (χ2n) is 4.83. The van der Waals surface area contributed by atoms with E-state index in [1.54, 1.807) is 6.07 Å². The zero-order chi connectivity index (χ0) is 14.9. The molecule has 2 aromatic rings. The summed E-state index contributed by atoms with van der Waals surface area (Å²) in [5.41, 5.74) is 0.878. The molecule has 2 rings (SSSR count). The SMILES string of the molecule is CCC(NCCCOc1ccccc1)c1ccc(F)cn1. The van der Waals surface area contributed by atoms with Gasteiger partial charge in [-0.2, -0.15) is 0 Å². The Bertz CT molecular complexity index is 516. The van der Waals surface area contributed by atoms with Crippen molar-refractivity contribution in [2.45, 2.75) is 25.8 Å². The number of para-hydroxylation sites is 1. The van der Waals surface area contributed by atoms with E-state index in [2.05, 4.69) is 17.2 Å². The summed E-state index contributed by atoms with van der Waals surface area (Å²) in [6.45, 7) is 3.60. The Hall–Kier alpha value is -1.94. The van der Waals surface area contributed by atoms with E-state index >= 15 is 0 Å². The van der Waals surface area contributed by atoms with E-state index < -0.39 is 0 Å². The van der Waals surface area contributed by atoms with Crippen LogP contribution >= 0.6 is 0 Å². The third-order valence-electron chi connectivity index (χ3n) is 3.24. The van der Waals surface area contributed by atoms with E-state index in [1.807, 2.05) is 30.3 Å². The van der Waals surface area contributed by atoms with Crippen molar-refractivity contribution < 1.29 is 9.13 Å². The average molecular weight is 288 g/mol. The number of ether oxygens (including phenoxy) is 1. The Labute approximate surface area is 125 Å². The highest BCUT2D eigenvalue weighted by Crippen LogP contribution is 2.14. The van der Waals surface area contributed by atoms with Crippen molar-refractivity contribution >= 4 is 0 Å². The molecule has 1 aromatic carbocycles. The highest BCUT2D eigenvalue weighted by molar-refractivity contribution is 5.20. The van der Waals surface area contributed by atoms with Gasteiger partial charge in [0.2, 0.25) is 0 Å². The van der Waals surface area contributed by atoms with E-state index in [1.165, 1.54) is 12.3 Å². The van der Waals surface area contributed by atoms with Crippen LogP contribution in [0, 0.1) is 5.82 Å². The van der Waals surface area contributed by atoms with Crippen LogP contribution in [0.25, 0.3) is 0 Å². The monoisotopic (exact) mass is 288 g/mol. The Morgan fingerprint density at radius 1 is 1.19 bits per heavy atom. The first kappa shape index (κ1) is 15.4. The van der Waals surface area contributed by atoms with Gasteiger partial charge in [-0.1, -0.05) is 25.1 Å². The molecule has 1 atom stereocenters. The molecule has 1 heterocycles. The third kappa shape index (κ3) is 5.16. The minimum Gasteiger partial charge on any atom is -0.494 e. The number of halogens is 1. The van der Waals surface area contributed by atoms with Crippen molar-refractivity contribution in [3.05, 3.63) is 60.2 Å². The van der Waals surface area contributed by atoms with Crippen LogP contribution in [0.4, 0.5) is 4.39 Å². The van der Waals surface area contributed by atoms with Crippen molar-refractivity contribution in [3.63, 3.8) is 0 Å². The quantitative estimate of drug-likeness (QED) is 0.752. The van der Waals surface area contributed by atoms with Gasteiger partial charge < -0.3 is 10.1 Å². The summed E-state index contributed by atoms with van der Waals surface area (Å²) in [5.74, 6) is 0.592. The van der Waals surface area contributed by atoms with E-state index in [9.17, 15) is 4.39 Å². The number of rotatable bonds is 8. The Kier molecular flexibility index (Phi) is 6.16.